The highest BCUT2D eigenvalue weighted by Crippen LogP contribution is 2.16. The Kier molecular flexibility index (Phi) is 5.01. The van der Waals surface area contributed by atoms with Crippen LogP contribution < -0.4 is 15.8 Å². The Labute approximate surface area is 101 Å². The summed E-state index contributed by atoms with van der Waals surface area (Å²) in [4.78, 5) is 2.07. The molecule has 4 nitrogen and oxygen atoms in total. The summed E-state index contributed by atoms with van der Waals surface area (Å²) in [6.07, 6.45) is 0. The number of nitrogens with two attached hydrogens (primary N) is 1. The van der Waals surface area contributed by atoms with E-state index in [0.717, 1.165) is 18.0 Å². The molecule has 5 heteroatoms. The standard InChI is InChI=1S/C11H17N3OS/c1-14(2)6-7-15-10-5-3-4-9(8-10)13-11(12)16/h3-5,8H,6-7H2,1-2H3,(H3,12,13,16). The van der Waals surface area contributed by atoms with Crippen molar-refractivity contribution in [1.29, 1.82) is 0 Å². The molecule has 1 rings (SSSR count). The van der Waals surface area contributed by atoms with Gasteiger partial charge >= 0.3 is 0 Å². The third-order valence-electron chi connectivity index (χ3n) is 1.91. The summed E-state index contributed by atoms with van der Waals surface area (Å²) < 4.78 is 5.57. The molecule has 0 aliphatic heterocycles. The molecule has 0 unspecified atom stereocenters. The highest BCUT2D eigenvalue weighted by atomic mass is 32.1. The average Bonchev–Trinajstić information content (AvgIpc) is 2.16. The predicted molar refractivity (Wildman–Crippen MR) is 70.9 cm³/mol. The lowest BCUT2D eigenvalue weighted by atomic mass is 10.3. The second-order valence-corrected chi connectivity index (χ2v) is 4.11. The topological polar surface area (TPSA) is 50.5 Å². The van der Waals surface area contributed by atoms with Gasteiger partial charge in [0.15, 0.2) is 5.11 Å². The first kappa shape index (κ1) is 12.7. The van der Waals surface area contributed by atoms with E-state index in [1.165, 1.54) is 0 Å². The van der Waals surface area contributed by atoms with Crippen LogP contribution >= 0.6 is 12.2 Å². The molecule has 0 radical (unpaired) electrons. The summed E-state index contributed by atoms with van der Waals surface area (Å²) in [5, 5.41) is 3.12. The molecule has 0 aliphatic carbocycles. The Morgan fingerprint density at radius 3 is 2.88 bits per heavy atom. The van der Waals surface area contributed by atoms with Gasteiger partial charge in [0.2, 0.25) is 0 Å². The number of hydrogen-bond acceptors (Lipinski definition) is 3. The molecule has 0 heterocycles. The minimum Gasteiger partial charge on any atom is -0.492 e. The van der Waals surface area contributed by atoms with Crippen molar-refractivity contribution in [3.05, 3.63) is 24.3 Å². The molecule has 1 aromatic carbocycles. The third-order valence-corrected chi connectivity index (χ3v) is 2.01. The van der Waals surface area contributed by atoms with Crippen LogP contribution in [0.4, 0.5) is 5.69 Å². The van der Waals surface area contributed by atoms with Gasteiger partial charge in [-0.3, -0.25) is 0 Å². The number of ether oxygens (including phenoxy) is 1. The maximum atomic E-state index is 5.57. The number of nitrogens with one attached hydrogen (secondary N) is 1. The fourth-order valence-corrected chi connectivity index (χ4v) is 1.27. The van der Waals surface area contributed by atoms with Crippen molar-refractivity contribution in [3.63, 3.8) is 0 Å². The second-order valence-electron chi connectivity index (χ2n) is 3.67. The molecule has 88 valence electrons. The van der Waals surface area contributed by atoms with Gasteiger partial charge in [-0.2, -0.15) is 0 Å². The van der Waals surface area contributed by atoms with E-state index in [0.29, 0.717) is 6.61 Å². The van der Waals surface area contributed by atoms with E-state index in [1.807, 2.05) is 38.4 Å². The first-order valence-electron chi connectivity index (χ1n) is 5.02. The van der Waals surface area contributed by atoms with E-state index >= 15 is 0 Å². The van der Waals surface area contributed by atoms with Crippen molar-refractivity contribution in [3.8, 4) is 5.75 Å². The minimum atomic E-state index is 0.255. The van der Waals surface area contributed by atoms with E-state index < -0.39 is 0 Å². The van der Waals surface area contributed by atoms with Crippen LogP contribution in [0.2, 0.25) is 0 Å². The molecule has 0 aliphatic rings. The van der Waals surface area contributed by atoms with Gasteiger partial charge in [-0.25, -0.2) is 0 Å². The molecular weight excluding hydrogens is 222 g/mol. The van der Waals surface area contributed by atoms with Gasteiger partial charge in [0.25, 0.3) is 0 Å². The lowest BCUT2D eigenvalue weighted by Crippen LogP contribution is -2.20. The van der Waals surface area contributed by atoms with Crippen molar-refractivity contribution in [2.45, 2.75) is 0 Å². The highest BCUT2D eigenvalue weighted by Gasteiger charge is 1.98. The molecule has 0 amide bonds. The maximum Gasteiger partial charge on any atom is 0.168 e. The van der Waals surface area contributed by atoms with E-state index in [2.05, 4.69) is 10.2 Å². The Bertz CT molecular complexity index is 355. The summed E-state index contributed by atoms with van der Waals surface area (Å²) in [6.45, 7) is 1.54. The predicted octanol–water partition coefficient (Wildman–Crippen LogP) is 1.28. The number of rotatable bonds is 5. The zero-order valence-electron chi connectivity index (χ0n) is 9.56. The quantitative estimate of drug-likeness (QED) is 0.758. The van der Waals surface area contributed by atoms with Crippen molar-refractivity contribution in [1.82, 2.24) is 4.90 Å². The van der Waals surface area contributed by atoms with Gasteiger partial charge in [-0.1, -0.05) is 6.07 Å². The van der Waals surface area contributed by atoms with Gasteiger partial charge in [0.1, 0.15) is 12.4 Å². The van der Waals surface area contributed by atoms with Crippen LogP contribution in [0.3, 0.4) is 0 Å². The minimum absolute atomic E-state index is 0.255. The maximum absolute atomic E-state index is 5.57. The first-order valence-corrected chi connectivity index (χ1v) is 5.43. The monoisotopic (exact) mass is 239 g/mol. The van der Waals surface area contributed by atoms with Crippen LogP contribution in [0.25, 0.3) is 0 Å². The SMILES string of the molecule is CN(C)CCOc1cccc(NC(N)=S)c1. The Morgan fingerprint density at radius 2 is 2.25 bits per heavy atom. The van der Waals surface area contributed by atoms with Crippen molar-refractivity contribution in [2.75, 3.05) is 32.6 Å². The molecular formula is C11H17N3OS. The summed E-state index contributed by atoms with van der Waals surface area (Å²) in [5.74, 6) is 0.808. The first-order chi connectivity index (χ1) is 7.58. The van der Waals surface area contributed by atoms with E-state index in [9.17, 15) is 0 Å². The summed E-state index contributed by atoms with van der Waals surface area (Å²) in [6, 6.07) is 7.55. The zero-order chi connectivity index (χ0) is 12.0. The van der Waals surface area contributed by atoms with Crippen LogP contribution in [0.1, 0.15) is 0 Å². The molecule has 0 bridgehead atoms. The molecule has 0 spiro atoms. The highest BCUT2D eigenvalue weighted by molar-refractivity contribution is 7.80. The van der Waals surface area contributed by atoms with Gasteiger partial charge in [0, 0.05) is 18.3 Å². The molecule has 3 N–H and O–H groups in total. The largest absolute Gasteiger partial charge is 0.492 e. The Hall–Kier alpha value is -1.33. The number of benzene rings is 1. The Balaban J connectivity index is 2.50. The van der Waals surface area contributed by atoms with E-state index in [-0.39, 0.29) is 5.11 Å². The van der Waals surface area contributed by atoms with E-state index in [4.69, 9.17) is 22.7 Å². The van der Waals surface area contributed by atoms with Crippen molar-refractivity contribution in [2.24, 2.45) is 5.73 Å². The lowest BCUT2D eigenvalue weighted by molar-refractivity contribution is 0.261. The normalized spacial score (nSPS) is 10.2. The molecule has 0 fully saturated rings. The van der Waals surface area contributed by atoms with E-state index in [1.54, 1.807) is 0 Å². The van der Waals surface area contributed by atoms with Crippen LogP contribution in [0.5, 0.6) is 5.75 Å². The summed E-state index contributed by atoms with van der Waals surface area (Å²) in [5.41, 5.74) is 6.23. The lowest BCUT2D eigenvalue weighted by Gasteiger charge is -2.12. The summed E-state index contributed by atoms with van der Waals surface area (Å²) in [7, 11) is 4.02. The fraction of sp³-hybridized carbons (Fsp3) is 0.364. The smallest absolute Gasteiger partial charge is 0.168 e. The number of likely N-dealkylation sites (N-methyl/N-ethyl adjacent to an activating group) is 1. The van der Waals surface area contributed by atoms with Gasteiger partial charge in [-0.05, 0) is 38.4 Å². The van der Waals surface area contributed by atoms with Gasteiger partial charge in [-0.15, -0.1) is 0 Å². The molecule has 16 heavy (non-hydrogen) atoms. The molecule has 0 atom stereocenters. The third kappa shape index (κ3) is 4.95. The summed E-state index contributed by atoms with van der Waals surface area (Å²) >= 11 is 4.76. The zero-order valence-corrected chi connectivity index (χ0v) is 10.4. The second kappa shape index (κ2) is 6.30. The van der Waals surface area contributed by atoms with Crippen molar-refractivity contribution < 1.29 is 4.74 Å². The van der Waals surface area contributed by atoms with Crippen LogP contribution in [0, 0.1) is 0 Å². The van der Waals surface area contributed by atoms with Crippen LogP contribution in [-0.2, 0) is 0 Å². The Morgan fingerprint density at radius 1 is 1.50 bits per heavy atom. The van der Waals surface area contributed by atoms with Gasteiger partial charge in [0.05, 0.1) is 0 Å². The number of hydrogen-bond donors (Lipinski definition) is 2. The molecule has 0 aromatic heterocycles. The van der Waals surface area contributed by atoms with Crippen molar-refractivity contribution >= 4 is 23.0 Å². The number of anilines is 1. The molecule has 0 saturated carbocycles. The fourth-order valence-electron chi connectivity index (χ4n) is 1.15. The average molecular weight is 239 g/mol. The number of thiocarbonyl (C=S) groups is 1. The molecule has 0 saturated heterocycles. The molecule has 1 aromatic rings. The number of nitrogens with zero attached hydrogens (tertiary/aromatic N) is 1. The van der Waals surface area contributed by atoms with Gasteiger partial charge < -0.3 is 20.7 Å². The van der Waals surface area contributed by atoms with Crippen LogP contribution in [0.15, 0.2) is 24.3 Å². The van der Waals surface area contributed by atoms with Crippen LogP contribution in [-0.4, -0.2) is 37.3 Å².